The molecule has 3 unspecified atom stereocenters. The van der Waals surface area contributed by atoms with E-state index >= 15 is 0 Å². The SMILES string of the molecule is CCCCCCCC/C=C/CC/C=C/C(O)C(COP(=O)(O)OCC[N+](C)(C)C)NC(=O)CCCCCCCCCCCCCCCCCCCCCCCCCCCCCC. The Morgan fingerprint density at radius 2 is 0.887 bits per heavy atom. The van der Waals surface area contributed by atoms with Crippen molar-refractivity contribution >= 4 is 13.7 Å². The highest BCUT2D eigenvalue weighted by Gasteiger charge is 2.27. The second-order valence-corrected chi connectivity index (χ2v) is 21.1. The van der Waals surface area contributed by atoms with Gasteiger partial charge >= 0.3 is 7.82 Å². The van der Waals surface area contributed by atoms with Crippen LogP contribution < -0.4 is 5.32 Å². The van der Waals surface area contributed by atoms with E-state index in [1.54, 1.807) is 6.08 Å². The molecule has 0 fully saturated rings. The fraction of sp³-hybridized carbons (Fsp3) is 0.906. The number of hydrogen-bond donors (Lipinski definition) is 3. The van der Waals surface area contributed by atoms with Crippen LogP contribution in [0.1, 0.15) is 258 Å². The van der Waals surface area contributed by atoms with Gasteiger partial charge in [-0.15, -0.1) is 0 Å². The monoisotopic (exact) mass is 898 g/mol. The predicted molar refractivity (Wildman–Crippen MR) is 268 cm³/mol. The molecule has 0 aliphatic heterocycles. The van der Waals surface area contributed by atoms with Crippen molar-refractivity contribution in [3.63, 3.8) is 0 Å². The van der Waals surface area contributed by atoms with Crippen molar-refractivity contribution in [2.75, 3.05) is 40.9 Å². The number of nitrogens with zero attached hydrogens (tertiary/aromatic N) is 1. The highest BCUT2D eigenvalue weighted by molar-refractivity contribution is 7.47. The van der Waals surface area contributed by atoms with Crippen LogP contribution in [0, 0.1) is 0 Å². The lowest BCUT2D eigenvalue weighted by Crippen LogP contribution is -2.45. The minimum Gasteiger partial charge on any atom is -0.387 e. The van der Waals surface area contributed by atoms with Gasteiger partial charge in [0.25, 0.3) is 0 Å². The highest BCUT2D eigenvalue weighted by Crippen LogP contribution is 2.43. The van der Waals surface area contributed by atoms with Crippen LogP contribution in [-0.2, 0) is 18.4 Å². The number of allylic oxidation sites excluding steroid dienone is 3. The van der Waals surface area contributed by atoms with E-state index < -0.39 is 20.0 Å². The number of nitrogens with one attached hydrogen (secondary N) is 1. The van der Waals surface area contributed by atoms with E-state index in [1.165, 1.54) is 199 Å². The van der Waals surface area contributed by atoms with Crippen molar-refractivity contribution in [1.82, 2.24) is 5.32 Å². The fourth-order valence-corrected chi connectivity index (χ4v) is 8.68. The Hall–Kier alpha value is -1.02. The topological polar surface area (TPSA) is 105 Å². The van der Waals surface area contributed by atoms with Crippen LogP contribution in [0.4, 0.5) is 0 Å². The van der Waals surface area contributed by atoms with Crippen molar-refractivity contribution in [3.05, 3.63) is 24.3 Å². The number of likely N-dealkylation sites (N-methyl/N-ethyl adjacent to an activating group) is 1. The highest BCUT2D eigenvalue weighted by atomic mass is 31.2. The normalized spacial score (nSPS) is 14.2. The fourth-order valence-electron chi connectivity index (χ4n) is 7.94. The lowest BCUT2D eigenvalue weighted by atomic mass is 10.0. The molecule has 0 aromatic heterocycles. The molecule has 0 saturated carbocycles. The first-order chi connectivity index (χ1) is 30.0. The molecule has 9 heteroatoms. The van der Waals surface area contributed by atoms with Crippen molar-refractivity contribution < 1.29 is 32.9 Å². The van der Waals surface area contributed by atoms with Gasteiger partial charge in [0.05, 0.1) is 39.9 Å². The van der Waals surface area contributed by atoms with E-state index in [-0.39, 0.29) is 19.1 Å². The number of amides is 1. The first-order valence-corrected chi connectivity index (χ1v) is 28.2. The van der Waals surface area contributed by atoms with Gasteiger partial charge in [0.2, 0.25) is 5.91 Å². The Balaban J connectivity index is 4.08. The van der Waals surface area contributed by atoms with Crippen LogP contribution in [0.3, 0.4) is 0 Å². The average molecular weight is 898 g/mol. The number of aliphatic hydroxyl groups excluding tert-OH is 1. The number of unbranched alkanes of at least 4 members (excludes halogenated alkanes) is 34. The molecule has 0 spiro atoms. The Morgan fingerprint density at radius 3 is 1.29 bits per heavy atom. The van der Waals surface area contributed by atoms with Crippen molar-refractivity contribution in [1.29, 1.82) is 0 Å². The van der Waals surface area contributed by atoms with E-state index in [1.807, 2.05) is 27.2 Å². The smallest absolute Gasteiger partial charge is 0.387 e. The minimum absolute atomic E-state index is 0.0583. The maximum Gasteiger partial charge on any atom is 0.472 e. The van der Waals surface area contributed by atoms with Gasteiger partial charge in [-0.2, -0.15) is 0 Å². The van der Waals surface area contributed by atoms with Gasteiger partial charge in [0.15, 0.2) is 0 Å². The maximum absolute atomic E-state index is 12.9. The first-order valence-electron chi connectivity index (χ1n) is 26.7. The van der Waals surface area contributed by atoms with Crippen LogP contribution in [-0.4, -0.2) is 73.4 Å². The average Bonchev–Trinajstić information content (AvgIpc) is 3.23. The molecule has 0 rings (SSSR count). The molecule has 0 aromatic carbocycles. The number of quaternary nitrogens is 1. The van der Waals surface area contributed by atoms with E-state index in [4.69, 9.17) is 9.05 Å². The van der Waals surface area contributed by atoms with E-state index in [0.29, 0.717) is 17.4 Å². The quantitative estimate of drug-likeness (QED) is 0.0243. The zero-order chi connectivity index (χ0) is 45.7. The van der Waals surface area contributed by atoms with E-state index in [0.717, 1.165) is 38.5 Å². The Bertz CT molecular complexity index is 1060. The van der Waals surface area contributed by atoms with Gasteiger partial charge in [0.1, 0.15) is 13.2 Å². The van der Waals surface area contributed by atoms with Gasteiger partial charge in [-0.05, 0) is 32.1 Å². The molecule has 0 bridgehead atoms. The van der Waals surface area contributed by atoms with Crippen LogP contribution in [0.15, 0.2) is 24.3 Å². The summed E-state index contributed by atoms with van der Waals surface area (Å²) in [7, 11) is 1.56. The van der Waals surface area contributed by atoms with Gasteiger partial charge < -0.3 is 19.8 Å². The minimum atomic E-state index is -4.34. The van der Waals surface area contributed by atoms with Crippen molar-refractivity contribution in [2.24, 2.45) is 0 Å². The first kappa shape index (κ1) is 61.0. The summed E-state index contributed by atoms with van der Waals surface area (Å²) in [5.41, 5.74) is 0. The van der Waals surface area contributed by atoms with E-state index in [2.05, 4.69) is 31.3 Å². The van der Waals surface area contributed by atoms with Crippen LogP contribution in [0.25, 0.3) is 0 Å². The van der Waals surface area contributed by atoms with Crippen molar-refractivity contribution in [2.45, 2.75) is 270 Å². The summed E-state index contributed by atoms with van der Waals surface area (Å²) in [5.74, 6) is -0.183. The molecular formula is C53H106N2O6P+. The van der Waals surface area contributed by atoms with Crippen LogP contribution in [0.5, 0.6) is 0 Å². The zero-order valence-electron chi connectivity index (χ0n) is 41.9. The number of phosphoric acid groups is 1. The Kier molecular flexibility index (Phi) is 44.4. The van der Waals surface area contributed by atoms with Gasteiger partial charge in [-0.3, -0.25) is 13.8 Å². The van der Waals surface area contributed by atoms with Crippen LogP contribution in [0.2, 0.25) is 0 Å². The second-order valence-electron chi connectivity index (χ2n) is 19.6. The summed E-state index contributed by atoms with van der Waals surface area (Å²) in [6.45, 7) is 4.80. The summed E-state index contributed by atoms with van der Waals surface area (Å²) in [6.07, 6.45) is 55.7. The summed E-state index contributed by atoms with van der Waals surface area (Å²) >= 11 is 0. The van der Waals surface area contributed by atoms with Gasteiger partial charge in [0, 0.05) is 6.42 Å². The zero-order valence-corrected chi connectivity index (χ0v) is 42.8. The molecule has 368 valence electrons. The summed E-state index contributed by atoms with van der Waals surface area (Å²) < 4.78 is 23.6. The Labute approximate surface area is 385 Å². The number of hydrogen-bond acceptors (Lipinski definition) is 5. The number of rotatable bonds is 49. The molecule has 62 heavy (non-hydrogen) atoms. The summed E-state index contributed by atoms with van der Waals surface area (Å²) in [5, 5.41) is 13.8. The summed E-state index contributed by atoms with van der Waals surface area (Å²) in [6, 6.07) is -0.858. The molecule has 1 amide bonds. The maximum atomic E-state index is 12.9. The number of aliphatic hydroxyl groups is 1. The third kappa shape index (κ3) is 47.0. The molecule has 3 atom stereocenters. The Morgan fingerprint density at radius 1 is 0.532 bits per heavy atom. The van der Waals surface area contributed by atoms with Gasteiger partial charge in [-0.25, -0.2) is 4.57 Å². The third-order valence-corrected chi connectivity index (χ3v) is 13.2. The second kappa shape index (κ2) is 45.1. The molecule has 8 nitrogen and oxygen atoms in total. The predicted octanol–water partition coefficient (Wildman–Crippen LogP) is 15.6. The standard InChI is InChI=1S/C53H105N2O6P/c1-6-8-10-12-14-16-18-20-21-22-23-24-25-26-27-28-29-30-31-32-33-34-35-37-39-41-43-45-47-53(57)54-51(50-61-62(58,59)60-49-48-55(3,4)5)52(56)46-44-42-40-38-36-19-17-15-13-11-9-7-2/h36,38,44,46,51-52,56H,6-35,37,39-43,45,47-50H2,1-5H3,(H-,54,57,58,59)/p+1/b38-36+,46-44+. The third-order valence-electron chi connectivity index (χ3n) is 12.2. The molecule has 0 heterocycles. The largest absolute Gasteiger partial charge is 0.472 e. The van der Waals surface area contributed by atoms with Gasteiger partial charge in [-0.1, -0.05) is 244 Å². The molecular weight excluding hydrogens is 792 g/mol. The molecule has 0 radical (unpaired) electrons. The molecule has 0 aliphatic rings. The summed E-state index contributed by atoms with van der Waals surface area (Å²) in [4.78, 5) is 23.2. The van der Waals surface area contributed by atoms with Crippen molar-refractivity contribution in [3.8, 4) is 0 Å². The molecule has 0 saturated heterocycles. The number of carbonyl (C=O) groups is 1. The lowest BCUT2D eigenvalue weighted by Gasteiger charge is -2.25. The van der Waals surface area contributed by atoms with Crippen LogP contribution >= 0.6 is 7.82 Å². The number of carbonyl (C=O) groups excluding carboxylic acids is 1. The molecule has 3 N–H and O–H groups in total. The molecule has 0 aromatic rings. The number of phosphoric ester groups is 1. The molecule has 0 aliphatic carbocycles. The lowest BCUT2D eigenvalue weighted by molar-refractivity contribution is -0.870. The van der Waals surface area contributed by atoms with E-state index in [9.17, 15) is 19.4 Å².